The van der Waals surface area contributed by atoms with Gasteiger partial charge in [-0.1, -0.05) is 6.07 Å². The van der Waals surface area contributed by atoms with Gasteiger partial charge in [0.1, 0.15) is 0 Å². The molecule has 5 heteroatoms. The van der Waals surface area contributed by atoms with Crippen molar-refractivity contribution in [2.45, 2.75) is 19.6 Å². The molecule has 102 valence electrons. The Bertz CT molecular complexity index is 572. The summed E-state index contributed by atoms with van der Waals surface area (Å²) in [5.74, 6) is 0. The van der Waals surface area contributed by atoms with Crippen LogP contribution in [0.2, 0.25) is 0 Å². The van der Waals surface area contributed by atoms with Gasteiger partial charge < -0.3 is 5.32 Å². The second-order valence-corrected chi connectivity index (χ2v) is 5.36. The molecule has 0 unspecified atom stereocenters. The summed E-state index contributed by atoms with van der Waals surface area (Å²) in [6.07, 6.45) is -4.28. The molecule has 0 fully saturated rings. The summed E-state index contributed by atoms with van der Waals surface area (Å²) in [5.41, 5.74) is 1.87. The highest BCUT2D eigenvalue weighted by Crippen LogP contribution is 2.34. The van der Waals surface area contributed by atoms with Crippen LogP contribution in [-0.4, -0.2) is 7.05 Å². The molecule has 1 aromatic carbocycles. The molecule has 1 nitrogen and oxygen atoms in total. The third-order valence-electron chi connectivity index (χ3n) is 2.87. The molecule has 0 aliphatic carbocycles. The fourth-order valence-electron chi connectivity index (χ4n) is 1.95. The van der Waals surface area contributed by atoms with Crippen molar-refractivity contribution in [2.24, 2.45) is 0 Å². The molecule has 0 bridgehead atoms. The van der Waals surface area contributed by atoms with E-state index in [0.717, 1.165) is 28.6 Å². The maximum atomic E-state index is 12.6. The van der Waals surface area contributed by atoms with Gasteiger partial charge in [0.15, 0.2) is 0 Å². The molecule has 0 spiro atoms. The van der Waals surface area contributed by atoms with Crippen molar-refractivity contribution >= 4 is 11.3 Å². The number of hydrogen-bond acceptors (Lipinski definition) is 2. The molecule has 0 saturated carbocycles. The van der Waals surface area contributed by atoms with E-state index in [1.165, 1.54) is 6.07 Å². The maximum Gasteiger partial charge on any atom is 0.416 e. The van der Waals surface area contributed by atoms with Gasteiger partial charge in [0.25, 0.3) is 0 Å². The number of halogens is 3. The van der Waals surface area contributed by atoms with E-state index < -0.39 is 11.7 Å². The topological polar surface area (TPSA) is 12.0 Å². The molecular formula is C14H14F3NS. The molecule has 1 aromatic heterocycles. The quantitative estimate of drug-likeness (QED) is 0.878. The molecule has 0 saturated heterocycles. The van der Waals surface area contributed by atoms with Crippen molar-refractivity contribution in [1.82, 2.24) is 5.32 Å². The molecule has 0 radical (unpaired) electrons. The van der Waals surface area contributed by atoms with Gasteiger partial charge in [-0.25, -0.2) is 0 Å². The van der Waals surface area contributed by atoms with Crippen LogP contribution >= 0.6 is 11.3 Å². The lowest BCUT2D eigenvalue weighted by Crippen LogP contribution is -2.05. The standard InChI is InChI=1S/C14H14F3NS/c1-9-5-11(14(15,16)17)3-4-13(9)10-6-12(7-18-2)19-8-10/h3-6,8,18H,7H2,1-2H3. The molecule has 0 atom stereocenters. The molecule has 2 aromatic rings. The van der Waals surface area contributed by atoms with E-state index >= 15 is 0 Å². The Kier molecular flexibility index (Phi) is 3.96. The Morgan fingerprint density at radius 1 is 1.21 bits per heavy atom. The Hall–Kier alpha value is -1.33. The maximum absolute atomic E-state index is 12.6. The smallest absolute Gasteiger partial charge is 0.315 e. The van der Waals surface area contributed by atoms with Crippen LogP contribution < -0.4 is 5.32 Å². The highest BCUT2D eigenvalue weighted by molar-refractivity contribution is 7.10. The summed E-state index contributed by atoms with van der Waals surface area (Å²) >= 11 is 1.60. The number of alkyl halides is 3. The Balaban J connectivity index is 2.35. The summed E-state index contributed by atoms with van der Waals surface area (Å²) in [5, 5.41) is 5.03. The monoisotopic (exact) mass is 285 g/mol. The third kappa shape index (κ3) is 3.16. The number of thiophene rings is 1. The highest BCUT2D eigenvalue weighted by atomic mass is 32.1. The predicted octanol–water partition coefficient (Wildman–Crippen LogP) is 4.46. The zero-order chi connectivity index (χ0) is 14.0. The van der Waals surface area contributed by atoms with Crippen LogP contribution in [0.25, 0.3) is 11.1 Å². The summed E-state index contributed by atoms with van der Waals surface area (Å²) in [6.45, 7) is 2.48. The average molecular weight is 285 g/mol. The van der Waals surface area contributed by atoms with E-state index in [9.17, 15) is 13.2 Å². The van der Waals surface area contributed by atoms with Crippen LogP contribution in [0.5, 0.6) is 0 Å². The Labute approximate surface area is 114 Å². The Morgan fingerprint density at radius 2 is 1.95 bits per heavy atom. The molecule has 0 aliphatic heterocycles. The van der Waals surface area contributed by atoms with Crippen molar-refractivity contribution < 1.29 is 13.2 Å². The lowest BCUT2D eigenvalue weighted by atomic mass is 10.00. The van der Waals surface area contributed by atoms with E-state index in [2.05, 4.69) is 5.32 Å². The number of rotatable bonds is 3. The first-order valence-corrected chi connectivity index (χ1v) is 6.70. The minimum Gasteiger partial charge on any atom is -0.315 e. The third-order valence-corrected chi connectivity index (χ3v) is 3.81. The van der Waals surface area contributed by atoms with Gasteiger partial charge in [-0.05, 0) is 54.2 Å². The van der Waals surface area contributed by atoms with Crippen molar-refractivity contribution in [3.63, 3.8) is 0 Å². The molecular weight excluding hydrogens is 271 g/mol. The van der Waals surface area contributed by atoms with Crippen LogP contribution in [0.4, 0.5) is 13.2 Å². The SMILES string of the molecule is CNCc1cc(-c2ccc(C(F)(F)F)cc2C)cs1. The van der Waals surface area contributed by atoms with Crippen LogP contribution in [-0.2, 0) is 12.7 Å². The lowest BCUT2D eigenvalue weighted by molar-refractivity contribution is -0.137. The van der Waals surface area contributed by atoms with E-state index in [-0.39, 0.29) is 0 Å². The highest BCUT2D eigenvalue weighted by Gasteiger charge is 2.30. The first kappa shape index (κ1) is 14.1. The van der Waals surface area contributed by atoms with Crippen molar-refractivity contribution in [3.05, 3.63) is 45.6 Å². The van der Waals surface area contributed by atoms with E-state index in [1.54, 1.807) is 24.3 Å². The summed E-state index contributed by atoms with van der Waals surface area (Å²) < 4.78 is 37.8. The van der Waals surface area contributed by atoms with Crippen molar-refractivity contribution in [3.8, 4) is 11.1 Å². The largest absolute Gasteiger partial charge is 0.416 e. The van der Waals surface area contributed by atoms with E-state index in [1.807, 2.05) is 18.5 Å². The minimum atomic E-state index is -4.28. The first-order chi connectivity index (χ1) is 8.91. The zero-order valence-corrected chi connectivity index (χ0v) is 11.5. The zero-order valence-electron chi connectivity index (χ0n) is 10.6. The van der Waals surface area contributed by atoms with E-state index in [0.29, 0.717) is 5.56 Å². The fraction of sp³-hybridized carbons (Fsp3) is 0.286. The van der Waals surface area contributed by atoms with Crippen molar-refractivity contribution in [1.29, 1.82) is 0 Å². The van der Waals surface area contributed by atoms with Gasteiger partial charge in [-0.3, -0.25) is 0 Å². The van der Waals surface area contributed by atoms with Gasteiger partial charge in [0.05, 0.1) is 5.56 Å². The second kappa shape index (κ2) is 5.35. The number of nitrogens with one attached hydrogen (secondary N) is 1. The van der Waals surface area contributed by atoms with Gasteiger partial charge in [-0.15, -0.1) is 11.3 Å². The van der Waals surface area contributed by atoms with Gasteiger partial charge in [-0.2, -0.15) is 13.2 Å². The fourth-order valence-corrected chi connectivity index (χ4v) is 2.85. The molecule has 19 heavy (non-hydrogen) atoms. The predicted molar refractivity (Wildman–Crippen MR) is 72.3 cm³/mol. The molecule has 2 rings (SSSR count). The number of benzene rings is 1. The number of hydrogen-bond donors (Lipinski definition) is 1. The summed E-state index contributed by atoms with van der Waals surface area (Å²) in [6, 6.07) is 5.89. The van der Waals surface area contributed by atoms with Gasteiger partial charge in [0, 0.05) is 11.4 Å². The molecule has 1 heterocycles. The van der Waals surface area contributed by atoms with Crippen molar-refractivity contribution in [2.75, 3.05) is 7.05 Å². The lowest BCUT2D eigenvalue weighted by Gasteiger charge is -2.10. The summed E-state index contributed by atoms with van der Waals surface area (Å²) in [7, 11) is 1.86. The second-order valence-electron chi connectivity index (χ2n) is 4.36. The van der Waals surface area contributed by atoms with Gasteiger partial charge in [0.2, 0.25) is 0 Å². The molecule has 1 N–H and O–H groups in total. The number of aryl methyl sites for hydroxylation is 1. The van der Waals surface area contributed by atoms with Gasteiger partial charge >= 0.3 is 6.18 Å². The minimum absolute atomic E-state index is 0.598. The average Bonchev–Trinajstić information content (AvgIpc) is 2.76. The molecule has 0 amide bonds. The Morgan fingerprint density at radius 3 is 2.53 bits per heavy atom. The van der Waals surface area contributed by atoms with E-state index in [4.69, 9.17) is 0 Å². The van der Waals surface area contributed by atoms with Crippen LogP contribution in [0.1, 0.15) is 16.0 Å². The summed E-state index contributed by atoms with van der Waals surface area (Å²) in [4.78, 5) is 1.16. The van der Waals surface area contributed by atoms with Crippen LogP contribution in [0.15, 0.2) is 29.6 Å². The first-order valence-electron chi connectivity index (χ1n) is 5.82. The molecule has 0 aliphatic rings. The normalized spacial score (nSPS) is 11.8. The van der Waals surface area contributed by atoms with Crippen LogP contribution in [0.3, 0.4) is 0 Å². The van der Waals surface area contributed by atoms with Crippen LogP contribution in [0, 0.1) is 6.92 Å².